The Hall–Kier alpha value is -3.13. The normalized spacial score (nSPS) is 10.7. The van der Waals surface area contributed by atoms with Gasteiger partial charge >= 0.3 is 0 Å². The third-order valence-electron chi connectivity index (χ3n) is 4.84. The Labute approximate surface area is 179 Å². The van der Waals surface area contributed by atoms with Crippen molar-refractivity contribution >= 4 is 34.7 Å². The lowest BCUT2D eigenvalue weighted by Crippen LogP contribution is -2.22. The maximum atomic E-state index is 12.6. The number of aromatic nitrogens is 2. The first-order chi connectivity index (χ1) is 14.5. The molecular weight excluding hydrogens is 402 g/mol. The summed E-state index contributed by atoms with van der Waals surface area (Å²) >= 11 is 5.32. The fraction of sp³-hybridized carbons (Fsp3) is 0.318. The highest BCUT2D eigenvalue weighted by Gasteiger charge is 2.08. The van der Waals surface area contributed by atoms with E-state index in [0.29, 0.717) is 40.3 Å². The van der Waals surface area contributed by atoms with Gasteiger partial charge in [0.15, 0.2) is 16.3 Å². The number of ether oxygens (including phenoxy) is 2. The molecule has 30 heavy (non-hydrogen) atoms. The van der Waals surface area contributed by atoms with E-state index in [4.69, 9.17) is 21.7 Å². The number of fused-ring (bicyclic) bond motifs is 1. The lowest BCUT2D eigenvalue weighted by atomic mass is 10.1. The maximum Gasteiger partial charge on any atom is 0.262 e. The van der Waals surface area contributed by atoms with Gasteiger partial charge in [-0.1, -0.05) is 18.6 Å². The number of anilines is 1. The number of nitrogens with zero attached hydrogens (tertiary/aromatic N) is 1. The van der Waals surface area contributed by atoms with Gasteiger partial charge in [0, 0.05) is 24.7 Å². The number of aromatic amines is 1. The van der Waals surface area contributed by atoms with Crippen molar-refractivity contribution in [3.05, 3.63) is 57.6 Å². The van der Waals surface area contributed by atoms with Crippen molar-refractivity contribution in [2.45, 2.75) is 32.2 Å². The Morgan fingerprint density at radius 3 is 2.60 bits per heavy atom. The van der Waals surface area contributed by atoms with E-state index in [9.17, 15) is 9.59 Å². The monoisotopic (exact) mass is 427 g/mol. The largest absolute Gasteiger partial charge is 0.493 e. The number of rotatable bonds is 9. The van der Waals surface area contributed by atoms with Crippen LogP contribution in [0.15, 0.2) is 47.3 Å². The first-order valence-corrected chi connectivity index (χ1v) is 10.2. The second-order valence-corrected chi connectivity index (χ2v) is 7.25. The lowest BCUT2D eigenvalue weighted by molar-refractivity contribution is -0.116. The Kier molecular flexibility index (Phi) is 7.24. The number of para-hydroxylation sites is 1. The molecule has 3 rings (SSSR count). The van der Waals surface area contributed by atoms with E-state index >= 15 is 0 Å². The molecule has 3 aromatic rings. The minimum atomic E-state index is -0.0828. The number of carbonyl (C=O) groups is 1. The van der Waals surface area contributed by atoms with Crippen LogP contribution in [0, 0.1) is 4.77 Å². The number of methoxy groups -OCH3 is 2. The zero-order valence-electron chi connectivity index (χ0n) is 17.1. The van der Waals surface area contributed by atoms with E-state index in [1.165, 1.54) is 0 Å². The van der Waals surface area contributed by atoms with Gasteiger partial charge in [0.05, 0.1) is 25.1 Å². The molecule has 1 aromatic heterocycles. The smallest absolute Gasteiger partial charge is 0.262 e. The molecule has 2 N–H and O–H groups in total. The number of carbonyl (C=O) groups excluding carboxylic acids is 1. The first kappa shape index (κ1) is 21.6. The van der Waals surface area contributed by atoms with Crippen molar-refractivity contribution in [2.75, 3.05) is 19.5 Å². The highest BCUT2D eigenvalue weighted by Crippen LogP contribution is 2.29. The van der Waals surface area contributed by atoms with Crippen LogP contribution in [0.2, 0.25) is 0 Å². The first-order valence-electron chi connectivity index (χ1n) is 9.77. The van der Waals surface area contributed by atoms with Gasteiger partial charge in [-0.3, -0.25) is 14.2 Å². The second kappa shape index (κ2) is 10.1. The summed E-state index contributed by atoms with van der Waals surface area (Å²) in [5, 5.41) is 3.49. The van der Waals surface area contributed by atoms with Crippen LogP contribution in [0.3, 0.4) is 0 Å². The second-order valence-electron chi connectivity index (χ2n) is 6.86. The van der Waals surface area contributed by atoms with Gasteiger partial charge in [-0.15, -0.1) is 0 Å². The van der Waals surface area contributed by atoms with Gasteiger partial charge in [-0.05, 0) is 49.3 Å². The summed E-state index contributed by atoms with van der Waals surface area (Å²) in [5.41, 5.74) is 1.32. The van der Waals surface area contributed by atoms with E-state index in [1.807, 2.05) is 18.2 Å². The van der Waals surface area contributed by atoms with Crippen molar-refractivity contribution in [3.63, 3.8) is 0 Å². The molecule has 0 fully saturated rings. The SMILES string of the molecule is COc1ccc(NC(=O)CCCCCn2c(=S)[nH]c3ccccc3c2=O)cc1OC. The van der Waals surface area contributed by atoms with Crippen LogP contribution in [0.5, 0.6) is 11.5 Å². The Morgan fingerprint density at radius 2 is 1.83 bits per heavy atom. The van der Waals surface area contributed by atoms with E-state index in [1.54, 1.807) is 43.1 Å². The highest BCUT2D eigenvalue weighted by molar-refractivity contribution is 7.71. The Bertz CT molecular complexity index is 1150. The number of hydrogen-bond acceptors (Lipinski definition) is 5. The molecule has 0 unspecified atom stereocenters. The third-order valence-corrected chi connectivity index (χ3v) is 5.16. The molecule has 0 atom stereocenters. The van der Waals surface area contributed by atoms with Gasteiger partial charge < -0.3 is 19.8 Å². The van der Waals surface area contributed by atoms with Crippen LogP contribution in [0.1, 0.15) is 25.7 Å². The van der Waals surface area contributed by atoms with E-state index in [0.717, 1.165) is 24.8 Å². The minimum absolute atomic E-state index is 0.0672. The van der Waals surface area contributed by atoms with Gasteiger partial charge in [-0.25, -0.2) is 0 Å². The molecule has 0 saturated carbocycles. The molecule has 0 aliphatic carbocycles. The van der Waals surface area contributed by atoms with Gasteiger partial charge in [0.1, 0.15) is 0 Å². The number of hydrogen-bond donors (Lipinski definition) is 2. The zero-order valence-corrected chi connectivity index (χ0v) is 17.9. The molecule has 0 aliphatic rings. The average Bonchev–Trinajstić information content (AvgIpc) is 2.75. The number of H-pyrrole nitrogens is 1. The Balaban J connectivity index is 1.49. The number of benzene rings is 2. The summed E-state index contributed by atoms with van der Waals surface area (Å²) in [5.74, 6) is 1.10. The van der Waals surface area contributed by atoms with Crippen LogP contribution >= 0.6 is 12.2 Å². The van der Waals surface area contributed by atoms with Crippen molar-refractivity contribution in [2.24, 2.45) is 0 Å². The fourth-order valence-electron chi connectivity index (χ4n) is 3.27. The highest BCUT2D eigenvalue weighted by atomic mass is 32.1. The summed E-state index contributed by atoms with van der Waals surface area (Å²) in [4.78, 5) is 27.9. The summed E-state index contributed by atoms with van der Waals surface area (Å²) in [7, 11) is 3.12. The molecule has 0 radical (unpaired) electrons. The van der Waals surface area contributed by atoms with Gasteiger partial charge in [0.2, 0.25) is 5.91 Å². The number of nitrogens with one attached hydrogen (secondary N) is 2. The van der Waals surface area contributed by atoms with E-state index in [-0.39, 0.29) is 11.5 Å². The standard InChI is InChI=1S/C22H25N3O4S/c1-28-18-12-11-15(14-19(18)29-2)23-20(26)10-4-3-7-13-25-21(27)16-8-5-6-9-17(16)24-22(25)30/h5-6,8-9,11-12,14H,3-4,7,10,13H2,1-2H3,(H,23,26)(H,24,30). The predicted molar refractivity (Wildman–Crippen MR) is 120 cm³/mol. The van der Waals surface area contributed by atoms with Crippen LogP contribution < -0.4 is 20.3 Å². The minimum Gasteiger partial charge on any atom is -0.493 e. The van der Waals surface area contributed by atoms with Crippen molar-refractivity contribution in [1.29, 1.82) is 0 Å². The van der Waals surface area contributed by atoms with Crippen LogP contribution in [-0.4, -0.2) is 29.7 Å². The summed E-state index contributed by atoms with van der Waals surface area (Å²) in [6.07, 6.45) is 2.69. The molecule has 1 amide bonds. The van der Waals surface area contributed by atoms with E-state index < -0.39 is 0 Å². The molecule has 7 nitrogen and oxygen atoms in total. The lowest BCUT2D eigenvalue weighted by Gasteiger charge is -2.11. The fourth-order valence-corrected chi connectivity index (χ4v) is 3.56. The summed E-state index contributed by atoms with van der Waals surface area (Å²) in [6.45, 7) is 0.524. The van der Waals surface area contributed by atoms with Crippen LogP contribution in [0.25, 0.3) is 10.9 Å². The molecular formula is C22H25N3O4S. The number of unbranched alkanes of at least 4 members (excludes halogenated alkanes) is 2. The Morgan fingerprint density at radius 1 is 1.07 bits per heavy atom. The topological polar surface area (TPSA) is 85.4 Å². The summed E-state index contributed by atoms with van der Waals surface area (Å²) < 4.78 is 12.4. The molecule has 8 heteroatoms. The van der Waals surface area contributed by atoms with Crippen molar-refractivity contribution in [1.82, 2.24) is 9.55 Å². The average molecular weight is 428 g/mol. The van der Waals surface area contributed by atoms with Crippen molar-refractivity contribution in [3.8, 4) is 11.5 Å². The zero-order chi connectivity index (χ0) is 21.5. The summed E-state index contributed by atoms with van der Waals surface area (Å²) in [6, 6.07) is 12.6. The maximum absolute atomic E-state index is 12.6. The molecule has 2 aromatic carbocycles. The molecule has 0 aliphatic heterocycles. The van der Waals surface area contributed by atoms with Gasteiger partial charge in [-0.2, -0.15) is 0 Å². The molecule has 0 saturated heterocycles. The molecule has 0 spiro atoms. The van der Waals surface area contributed by atoms with Crippen LogP contribution in [0.4, 0.5) is 5.69 Å². The molecule has 158 valence electrons. The van der Waals surface area contributed by atoms with Gasteiger partial charge in [0.25, 0.3) is 5.56 Å². The molecule has 1 heterocycles. The third kappa shape index (κ3) is 5.07. The molecule has 0 bridgehead atoms. The van der Waals surface area contributed by atoms with Crippen molar-refractivity contribution < 1.29 is 14.3 Å². The van der Waals surface area contributed by atoms with E-state index in [2.05, 4.69) is 10.3 Å². The number of amides is 1. The van der Waals surface area contributed by atoms with Crippen LogP contribution in [-0.2, 0) is 11.3 Å². The predicted octanol–water partition coefficient (Wildman–Crippen LogP) is 4.28. The quantitative estimate of drug-likeness (QED) is 0.393.